The lowest BCUT2D eigenvalue weighted by Gasteiger charge is -2.12. The van der Waals surface area contributed by atoms with Crippen molar-refractivity contribution in [1.29, 1.82) is 0 Å². The molecule has 1 atom stereocenters. The van der Waals surface area contributed by atoms with Crippen molar-refractivity contribution >= 4 is 41.3 Å². The van der Waals surface area contributed by atoms with Crippen LogP contribution in [-0.2, 0) is 22.2 Å². The van der Waals surface area contributed by atoms with Crippen LogP contribution in [0.1, 0.15) is 30.5 Å². The molecule has 1 aromatic heterocycles. The first-order valence-electron chi connectivity index (χ1n) is 8.68. The van der Waals surface area contributed by atoms with Gasteiger partial charge in [-0.2, -0.15) is 13.2 Å². The number of nitrogens with zero attached hydrogens (tertiary/aromatic N) is 2. The average molecular weight is 522 g/mol. The summed E-state index contributed by atoms with van der Waals surface area (Å²) in [4.78, 5) is 7.85. The van der Waals surface area contributed by atoms with E-state index in [1.54, 1.807) is 0 Å². The Balaban J connectivity index is 0.00000364. The molecule has 11 heteroatoms. The van der Waals surface area contributed by atoms with E-state index in [0.717, 1.165) is 49.4 Å². The topological polar surface area (TPSA) is 67.8 Å². The largest absolute Gasteiger partial charge is 0.434 e. The van der Waals surface area contributed by atoms with Crippen LogP contribution in [0.25, 0.3) is 0 Å². The van der Waals surface area contributed by atoms with Gasteiger partial charge in [0, 0.05) is 37.6 Å². The molecule has 1 aromatic rings. The number of hydrogen-bond donors (Lipinski definition) is 2. The molecule has 1 saturated heterocycles. The lowest BCUT2D eigenvalue weighted by Crippen LogP contribution is -2.38. The Morgan fingerprint density at radius 2 is 2.26 bits per heavy atom. The van der Waals surface area contributed by atoms with Gasteiger partial charge in [0.1, 0.15) is 5.01 Å². The monoisotopic (exact) mass is 522 g/mol. The summed E-state index contributed by atoms with van der Waals surface area (Å²) in [7, 11) is 0. The molecule has 2 heterocycles. The maximum Gasteiger partial charge on any atom is 0.434 e. The first-order chi connectivity index (χ1) is 12.5. The van der Waals surface area contributed by atoms with Crippen molar-refractivity contribution in [2.45, 2.75) is 32.5 Å². The Morgan fingerprint density at radius 1 is 1.44 bits per heavy atom. The minimum absolute atomic E-state index is 0. The summed E-state index contributed by atoms with van der Waals surface area (Å²) in [5.41, 5.74) is -0.865. The molecule has 156 valence electrons. The fourth-order valence-corrected chi connectivity index (χ4v) is 3.07. The number of aliphatic imine (C=N–C) groups is 1. The molecule has 2 rings (SSSR count). The van der Waals surface area contributed by atoms with Gasteiger partial charge in [0.05, 0.1) is 19.8 Å². The van der Waals surface area contributed by atoms with Crippen molar-refractivity contribution < 1.29 is 22.6 Å². The molecule has 1 unspecified atom stereocenters. The summed E-state index contributed by atoms with van der Waals surface area (Å²) in [6.07, 6.45) is -2.54. The zero-order chi connectivity index (χ0) is 18.8. The molecule has 0 amide bonds. The Kier molecular flexibility index (Phi) is 11.5. The minimum Gasteiger partial charge on any atom is -0.381 e. The first kappa shape index (κ1) is 24.4. The highest BCUT2D eigenvalue weighted by molar-refractivity contribution is 14.0. The molecular weight excluding hydrogens is 496 g/mol. The van der Waals surface area contributed by atoms with Gasteiger partial charge >= 0.3 is 6.18 Å². The van der Waals surface area contributed by atoms with E-state index in [4.69, 9.17) is 9.47 Å². The number of nitrogens with one attached hydrogen (secondary N) is 2. The Labute approximate surface area is 178 Å². The molecule has 0 saturated carbocycles. The van der Waals surface area contributed by atoms with Gasteiger partial charge in [0.2, 0.25) is 0 Å². The highest BCUT2D eigenvalue weighted by atomic mass is 127. The quantitative estimate of drug-likeness (QED) is 0.226. The number of halogens is 4. The van der Waals surface area contributed by atoms with Gasteiger partial charge in [0.25, 0.3) is 0 Å². The summed E-state index contributed by atoms with van der Waals surface area (Å²) < 4.78 is 48.6. The SMILES string of the molecule is CCNC(=NCc1nc(C(F)(F)F)cs1)NCCCOCC1CCOC1.I. The highest BCUT2D eigenvalue weighted by Gasteiger charge is 2.33. The molecule has 0 aliphatic carbocycles. The van der Waals surface area contributed by atoms with Gasteiger partial charge in [-0.15, -0.1) is 35.3 Å². The van der Waals surface area contributed by atoms with Crippen molar-refractivity contribution in [3.63, 3.8) is 0 Å². The predicted octanol–water partition coefficient (Wildman–Crippen LogP) is 3.28. The summed E-state index contributed by atoms with van der Waals surface area (Å²) in [5.74, 6) is 1.06. The van der Waals surface area contributed by atoms with Crippen LogP contribution in [0.5, 0.6) is 0 Å². The lowest BCUT2D eigenvalue weighted by atomic mass is 10.1. The van der Waals surface area contributed by atoms with E-state index in [0.29, 0.717) is 36.6 Å². The maximum atomic E-state index is 12.6. The number of ether oxygens (including phenoxy) is 2. The van der Waals surface area contributed by atoms with Crippen LogP contribution in [0.4, 0.5) is 13.2 Å². The molecule has 1 fully saturated rings. The van der Waals surface area contributed by atoms with Gasteiger partial charge in [-0.1, -0.05) is 0 Å². The molecule has 27 heavy (non-hydrogen) atoms. The van der Waals surface area contributed by atoms with Crippen molar-refractivity contribution in [3.05, 3.63) is 16.1 Å². The number of alkyl halides is 3. The summed E-state index contributed by atoms with van der Waals surface area (Å²) in [6.45, 7) is 6.33. The Morgan fingerprint density at radius 3 is 2.89 bits per heavy atom. The van der Waals surface area contributed by atoms with E-state index in [1.165, 1.54) is 0 Å². The van der Waals surface area contributed by atoms with E-state index in [1.807, 2.05) is 6.92 Å². The van der Waals surface area contributed by atoms with Crippen LogP contribution in [-0.4, -0.2) is 50.5 Å². The van der Waals surface area contributed by atoms with Gasteiger partial charge < -0.3 is 20.1 Å². The Hall–Kier alpha value is -0.660. The van der Waals surface area contributed by atoms with Crippen LogP contribution < -0.4 is 10.6 Å². The third-order valence-corrected chi connectivity index (χ3v) is 4.53. The Bertz CT molecular complexity index is 566. The van der Waals surface area contributed by atoms with Gasteiger partial charge in [-0.05, 0) is 19.8 Å². The molecule has 1 aliphatic rings. The highest BCUT2D eigenvalue weighted by Crippen LogP contribution is 2.30. The number of rotatable bonds is 9. The van der Waals surface area contributed by atoms with Crippen LogP contribution in [0, 0.1) is 5.92 Å². The number of guanidine groups is 1. The molecule has 1 aliphatic heterocycles. The van der Waals surface area contributed by atoms with Crippen LogP contribution in [0.15, 0.2) is 10.4 Å². The molecule has 6 nitrogen and oxygen atoms in total. The van der Waals surface area contributed by atoms with Crippen molar-refractivity contribution in [1.82, 2.24) is 15.6 Å². The molecule has 0 radical (unpaired) electrons. The second-order valence-electron chi connectivity index (χ2n) is 5.90. The zero-order valence-corrected chi connectivity index (χ0v) is 18.3. The van der Waals surface area contributed by atoms with Gasteiger partial charge in [-0.3, -0.25) is 0 Å². The summed E-state index contributed by atoms with van der Waals surface area (Å²) in [5, 5.41) is 7.55. The fraction of sp³-hybridized carbons (Fsp3) is 0.750. The minimum atomic E-state index is -4.41. The first-order valence-corrected chi connectivity index (χ1v) is 9.56. The van der Waals surface area contributed by atoms with E-state index < -0.39 is 11.9 Å². The van der Waals surface area contributed by atoms with Crippen molar-refractivity contribution in [2.75, 3.05) is 39.5 Å². The lowest BCUT2D eigenvalue weighted by molar-refractivity contribution is -0.140. The van der Waals surface area contributed by atoms with Crippen LogP contribution in [0.3, 0.4) is 0 Å². The number of thiazole rings is 1. The summed E-state index contributed by atoms with van der Waals surface area (Å²) >= 11 is 0.959. The summed E-state index contributed by atoms with van der Waals surface area (Å²) in [6, 6.07) is 0. The zero-order valence-electron chi connectivity index (χ0n) is 15.2. The van der Waals surface area contributed by atoms with Gasteiger partial charge in [-0.25, -0.2) is 9.98 Å². The fourth-order valence-electron chi connectivity index (χ4n) is 2.35. The third-order valence-electron chi connectivity index (χ3n) is 3.69. The molecule has 0 aromatic carbocycles. The maximum absolute atomic E-state index is 12.6. The van der Waals surface area contributed by atoms with Crippen molar-refractivity contribution in [3.8, 4) is 0 Å². The molecule has 0 bridgehead atoms. The normalized spacial score (nSPS) is 17.6. The van der Waals surface area contributed by atoms with Gasteiger partial charge in [0.15, 0.2) is 11.7 Å². The number of hydrogen-bond acceptors (Lipinski definition) is 5. The molecular formula is C16H26F3IN4O2S. The van der Waals surface area contributed by atoms with E-state index >= 15 is 0 Å². The third kappa shape index (κ3) is 9.39. The second kappa shape index (κ2) is 12.7. The number of aromatic nitrogens is 1. The molecule has 2 N–H and O–H groups in total. The predicted molar refractivity (Wildman–Crippen MR) is 110 cm³/mol. The van der Waals surface area contributed by atoms with E-state index in [2.05, 4.69) is 20.6 Å². The van der Waals surface area contributed by atoms with Crippen molar-refractivity contribution in [2.24, 2.45) is 10.9 Å². The molecule has 0 spiro atoms. The smallest absolute Gasteiger partial charge is 0.381 e. The average Bonchev–Trinajstić information content (AvgIpc) is 3.26. The van der Waals surface area contributed by atoms with Crippen LogP contribution >= 0.6 is 35.3 Å². The van der Waals surface area contributed by atoms with E-state index in [-0.39, 0.29) is 30.5 Å². The second-order valence-corrected chi connectivity index (χ2v) is 6.85. The standard InChI is InChI=1S/C16H25F3N4O2S.HI/c1-2-20-15(21-5-3-6-24-9-12-4-7-25-10-12)22-8-14-23-13(11-26-14)16(17,18)19;/h11-12H,2-10H2,1H3,(H2,20,21,22);1H. The van der Waals surface area contributed by atoms with Crippen LogP contribution in [0.2, 0.25) is 0 Å². The van der Waals surface area contributed by atoms with E-state index in [9.17, 15) is 13.2 Å².